The molecule has 1 aliphatic heterocycles. The largest absolute Gasteiger partial charge is 0.484 e. The topological polar surface area (TPSA) is 64.8 Å². The van der Waals surface area contributed by atoms with E-state index in [1.165, 1.54) is 0 Å². The Morgan fingerprint density at radius 1 is 1.26 bits per heavy atom. The number of nitrogens with two attached hydrogens (primary N) is 1. The number of amides is 1. The van der Waals surface area contributed by atoms with Crippen LogP contribution in [0.2, 0.25) is 0 Å². The van der Waals surface area contributed by atoms with E-state index >= 15 is 0 Å². The van der Waals surface area contributed by atoms with Crippen molar-refractivity contribution in [2.45, 2.75) is 39.4 Å². The molecular formula is C19H27F3N2O3. The van der Waals surface area contributed by atoms with Gasteiger partial charge in [0.2, 0.25) is 5.91 Å². The van der Waals surface area contributed by atoms with Crippen LogP contribution in [0.4, 0.5) is 13.2 Å². The molecule has 1 saturated heterocycles. The molecule has 5 nitrogen and oxygen atoms in total. The van der Waals surface area contributed by atoms with Gasteiger partial charge in [0.05, 0.1) is 5.41 Å². The molecule has 1 heterocycles. The summed E-state index contributed by atoms with van der Waals surface area (Å²) in [5, 5.41) is 0. The first-order chi connectivity index (χ1) is 12.6. The van der Waals surface area contributed by atoms with Gasteiger partial charge in [0, 0.05) is 33.4 Å². The normalized spacial score (nSPS) is 16.9. The molecule has 1 aromatic rings. The van der Waals surface area contributed by atoms with Crippen molar-refractivity contribution >= 4 is 5.91 Å². The summed E-state index contributed by atoms with van der Waals surface area (Å²) >= 11 is 0. The van der Waals surface area contributed by atoms with Gasteiger partial charge in [-0.05, 0) is 43.4 Å². The maximum Gasteiger partial charge on any atom is 0.422 e. The lowest BCUT2D eigenvalue weighted by Crippen LogP contribution is -2.49. The first-order valence-electron chi connectivity index (χ1n) is 8.91. The van der Waals surface area contributed by atoms with Crippen LogP contribution in [0.15, 0.2) is 12.1 Å². The summed E-state index contributed by atoms with van der Waals surface area (Å²) in [5.41, 5.74) is 7.34. The van der Waals surface area contributed by atoms with E-state index in [9.17, 15) is 18.0 Å². The fraction of sp³-hybridized carbons (Fsp3) is 0.632. The fourth-order valence-corrected chi connectivity index (χ4v) is 3.53. The van der Waals surface area contributed by atoms with Crippen molar-refractivity contribution in [3.63, 3.8) is 0 Å². The van der Waals surface area contributed by atoms with Gasteiger partial charge in [0.15, 0.2) is 6.61 Å². The van der Waals surface area contributed by atoms with Gasteiger partial charge in [0.25, 0.3) is 0 Å². The maximum absolute atomic E-state index is 12.9. The molecule has 0 unspecified atom stereocenters. The molecule has 0 spiro atoms. The van der Waals surface area contributed by atoms with E-state index in [4.69, 9.17) is 15.2 Å². The second-order valence-corrected chi connectivity index (χ2v) is 7.22. The molecule has 0 atom stereocenters. The van der Waals surface area contributed by atoms with Gasteiger partial charge in [-0.15, -0.1) is 0 Å². The van der Waals surface area contributed by atoms with Crippen LogP contribution in [-0.4, -0.2) is 50.4 Å². The summed E-state index contributed by atoms with van der Waals surface area (Å²) in [4.78, 5) is 14.6. The number of aryl methyl sites for hydroxylation is 2. The second-order valence-electron chi connectivity index (χ2n) is 7.22. The molecule has 2 rings (SSSR count). The Hall–Kier alpha value is -1.80. The summed E-state index contributed by atoms with van der Waals surface area (Å²) in [6.07, 6.45) is -3.20. The van der Waals surface area contributed by atoms with Gasteiger partial charge in [-0.25, -0.2) is 0 Å². The number of carbonyl (C=O) groups excluding carboxylic acids is 1. The van der Waals surface area contributed by atoms with E-state index in [0.29, 0.717) is 43.7 Å². The Kier molecular flexibility index (Phi) is 6.75. The number of carbonyl (C=O) groups is 1. The van der Waals surface area contributed by atoms with Crippen LogP contribution in [-0.2, 0) is 16.1 Å². The third-order valence-electron chi connectivity index (χ3n) is 4.96. The zero-order chi connectivity index (χ0) is 20.2. The van der Waals surface area contributed by atoms with E-state index in [1.807, 2.05) is 0 Å². The molecule has 0 aromatic heterocycles. The van der Waals surface area contributed by atoms with Crippen LogP contribution in [0.5, 0.6) is 5.75 Å². The summed E-state index contributed by atoms with van der Waals surface area (Å²) in [5.74, 6) is 0.203. The van der Waals surface area contributed by atoms with E-state index in [1.54, 1.807) is 37.9 Å². The van der Waals surface area contributed by atoms with Crippen molar-refractivity contribution in [2.75, 3.05) is 33.4 Å². The van der Waals surface area contributed by atoms with Crippen molar-refractivity contribution in [1.82, 2.24) is 4.90 Å². The highest BCUT2D eigenvalue weighted by Crippen LogP contribution is 2.32. The molecule has 1 amide bonds. The fourth-order valence-electron chi connectivity index (χ4n) is 3.53. The number of ether oxygens (including phenoxy) is 2. The van der Waals surface area contributed by atoms with Crippen molar-refractivity contribution in [2.24, 2.45) is 11.1 Å². The van der Waals surface area contributed by atoms with Crippen molar-refractivity contribution in [3.05, 3.63) is 28.8 Å². The SMILES string of the molecule is Cc1cc(CN(C)C(=O)C2(CN)CCOCC2)cc(C)c1OCC(F)(F)F. The highest BCUT2D eigenvalue weighted by Gasteiger charge is 2.40. The highest BCUT2D eigenvalue weighted by atomic mass is 19.4. The van der Waals surface area contributed by atoms with Gasteiger partial charge in [-0.1, -0.05) is 12.1 Å². The molecule has 0 aliphatic carbocycles. The standard InChI is InChI=1S/C19H27F3N2O3/c1-13-8-15(9-14(2)16(13)27-12-19(20,21)22)10-24(3)17(25)18(11-23)4-6-26-7-5-18/h8-9H,4-7,10-12,23H2,1-3H3. The molecule has 1 aliphatic rings. The number of halogens is 3. The van der Waals surface area contributed by atoms with Crippen LogP contribution in [0.1, 0.15) is 29.5 Å². The predicted octanol–water partition coefficient (Wildman–Crippen LogP) is 2.96. The summed E-state index contributed by atoms with van der Waals surface area (Å²) in [6, 6.07) is 3.50. The second kappa shape index (κ2) is 8.48. The summed E-state index contributed by atoms with van der Waals surface area (Å²) < 4.78 is 47.5. The number of rotatable bonds is 6. The third-order valence-corrected chi connectivity index (χ3v) is 4.96. The minimum atomic E-state index is -4.38. The van der Waals surface area contributed by atoms with Crippen LogP contribution in [0.3, 0.4) is 0 Å². The smallest absolute Gasteiger partial charge is 0.422 e. The van der Waals surface area contributed by atoms with E-state index in [-0.39, 0.29) is 18.2 Å². The van der Waals surface area contributed by atoms with Gasteiger partial charge < -0.3 is 20.1 Å². The lowest BCUT2D eigenvalue weighted by Gasteiger charge is -2.37. The van der Waals surface area contributed by atoms with E-state index in [0.717, 1.165) is 5.56 Å². The summed E-state index contributed by atoms with van der Waals surface area (Å²) in [6.45, 7) is 3.71. The molecule has 152 valence electrons. The summed E-state index contributed by atoms with van der Waals surface area (Å²) in [7, 11) is 1.72. The number of alkyl halides is 3. The minimum absolute atomic E-state index is 0.0268. The predicted molar refractivity (Wildman–Crippen MR) is 95.5 cm³/mol. The van der Waals surface area contributed by atoms with Crippen LogP contribution in [0.25, 0.3) is 0 Å². The van der Waals surface area contributed by atoms with Crippen molar-refractivity contribution in [3.8, 4) is 5.75 Å². The number of hydrogen-bond acceptors (Lipinski definition) is 4. The first kappa shape index (κ1) is 21.5. The minimum Gasteiger partial charge on any atom is -0.484 e. The van der Waals surface area contributed by atoms with Crippen LogP contribution >= 0.6 is 0 Å². The first-order valence-corrected chi connectivity index (χ1v) is 8.91. The monoisotopic (exact) mass is 388 g/mol. The Morgan fingerprint density at radius 2 is 1.81 bits per heavy atom. The lowest BCUT2D eigenvalue weighted by atomic mass is 9.79. The number of hydrogen-bond donors (Lipinski definition) is 1. The Balaban J connectivity index is 2.11. The zero-order valence-electron chi connectivity index (χ0n) is 16.0. The van der Waals surface area contributed by atoms with Gasteiger partial charge in [0.1, 0.15) is 5.75 Å². The van der Waals surface area contributed by atoms with Crippen LogP contribution in [0, 0.1) is 19.3 Å². The van der Waals surface area contributed by atoms with Crippen molar-refractivity contribution in [1.29, 1.82) is 0 Å². The molecule has 0 bridgehead atoms. The van der Waals surface area contributed by atoms with Gasteiger partial charge in [-0.3, -0.25) is 4.79 Å². The maximum atomic E-state index is 12.9. The van der Waals surface area contributed by atoms with E-state index < -0.39 is 18.2 Å². The molecule has 0 saturated carbocycles. The highest BCUT2D eigenvalue weighted by molar-refractivity contribution is 5.83. The molecule has 8 heteroatoms. The van der Waals surface area contributed by atoms with Crippen molar-refractivity contribution < 1.29 is 27.4 Å². The molecule has 0 radical (unpaired) electrons. The Bertz CT molecular complexity index is 648. The van der Waals surface area contributed by atoms with Crippen LogP contribution < -0.4 is 10.5 Å². The average molecular weight is 388 g/mol. The zero-order valence-corrected chi connectivity index (χ0v) is 16.0. The molecular weight excluding hydrogens is 361 g/mol. The molecule has 1 aromatic carbocycles. The average Bonchev–Trinajstić information content (AvgIpc) is 2.59. The third kappa shape index (κ3) is 5.35. The molecule has 27 heavy (non-hydrogen) atoms. The quantitative estimate of drug-likeness (QED) is 0.814. The number of nitrogens with zero attached hydrogens (tertiary/aromatic N) is 1. The molecule has 2 N–H and O–H groups in total. The Morgan fingerprint density at radius 3 is 2.30 bits per heavy atom. The molecule has 1 fully saturated rings. The Labute approximate surface area is 157 Å². The number of benzene rings is 1. The van der Waals surface area contributed by atoms with E-state index in [2.05, 4.69) is 0 Å². The van der Waals surface area contributed by atoms with Gasteiger partial charge in [-0.2, -0.15) is 13.2 Å². The van der Waals surface area contributed by atoms with Gasteiger partial charge >= 0.3 is 6.18 Å². The lowest BCUT2D eigenvalue weighted by molar-refractivity contribution is -0.153.